The predicted octanol–water partition coefficient (Wildman–Crippen LogP) is 1.96. The third-order valence-corrected chi connectivity index (χ3v) is 3.02. The Morgan fingerprint density at radius 1 is 1.10 bits per heavy atom. The number of carboxylic acid groups (broad SMARTS) is 1. The summed E-state index contributed by atoms with van der Waals surface area (Å²) in [6.07, 6.45) is 2.35. The first kappa shape index (κ1) is 14.7. The van der Waals surface area contributed by atoms with E-state index >= 15 is 0 Å². The summed E-state index contributed by atoms with van der Waals surface area (Å²) in [7, 11) is 0. The van der Waals surface area contributed by atoms with E-state index in [-0.39, 0.29) is 12.3 Å². The van der Waals surface area contributed by atoms with E-state index in [1.165, 1.54) is 0 Å². The second-order valence-electron chi connectivity index (χ2n) is 4.57. The zero-order valence-electron chi connectivity index (χ0n) is 11.4. The highest BCUT2D eigenvalue weighted by molar-refractivity contribution is 5.84. The average molecular weight is 284 g/mol. The van der Waals surface area contributed by atoms with E-state index in [0.717, 1.165) is 5.69 Å². The van der Waals surface area contributed by atoms with Gasteiger partial charge >= 0.3 is 5.97 Å². The predicted molar refractivity (Wildman–Crippen MR) is 77.5 cm³/mol. The van der Waals surface area contributed by atoms with Crippen molar-refractivity contribution in [2.75, 3.05) is 0 Å². The molecule has 21 heavy (non-hydrogen) atoms. The maximum atomic E-state index is 11.9. The summed E-state index contributed by atoms with van der Waals surface area (Å²) in [4.78, 5) is 27.3. The standard InChI is InChI=1S/C16H16N2O3/c19-14(10-9-13-8-4-5-11-17-13)18-15(16(20)21)12-6-2-1-3-7-12/h1-8,11,15H,9-10H2,(H,18,19)(H,20,21). The van der Waals surface area contributed by atoms with Crippen LogP contribution in [-0.4, -0.2) is 22.0 Å². The van der Waals surface area contributed by atoms with Gasteiger partial charge in [-0.3, -0.25) is 9.78 Å². The highest BCUT2D eigenvalue weighted by Crippen LogP contribution is 2.13. The van der Waals surface area contributed by atoms with Crippen LogP contribution in [-0.2, 0) is 16.0 Å². The van der Waals surface area contributed by atoms with Crippen LogP contribution in [0.4, 0.5) is 0 Å². The molecule has 1 heterocycles. The summed E-state index contributed by atoms with van der Waals surface area (Å²) in [5.41, 5.74) is 1.36. The summed E-state index contributed by atoms with van der Waals surface area (Å²) in [5.74, 6) is -1.38. The lowest BCUT2D eigenvalue weighted by Crippen LogP contribution is -2.33. The molecule has 1 amide bonds. The molecule has 2 rings (SSSR count). The largest absolute Gasteiger partial charge is 0.479 e. The van der Waals surface area contributed by atoms with Gasteiger partial charge in [-0.15, -0.1) is 0 Å². The molecule has 1 atom stereocenters. The van der Waals surface area contributed by atoms with E-state index in [1.807, 2.05) is 12.1 Å². The minimum Gasteiger partial charge on any atom is -0.479 e. The third kappa shape index (κ3) is 4.42. The SMILES string of the molecule is O=C(CCc1ccccn1)NC(C(=O)O)c1ccccc1. The number of carbonyl (C=O) groups is 2. The van der Waals surface area contributed by atoms with Crippen LogP contribution in [0.2, 0.25) is 0 Å². The second kappa shape index (κ2) is 7.19. The molecule has 2 aromatic rings. The molecule has 2 N–H and O–H groups in total. The normalized spacial score (nSPS) is 11.6. The number of hydrogen-bond acceptors (Lipinski definition) is 3. The molecule has 1 unspecified atom stereocenters. The minimum atomic E-state index is -1.08. The lowest BCUT2D eigenvalue weighted by atomic mass is 10.1. The molecule has 1 aromatic heterocycles. The maximum absolute atomic E-state index is 11.9. The molecule has 5 heteroatoms. The van der Waals surface area contributed by atoms with Gasteiger partial charge in [0.2, 0.25) is 5.91 Å². The van der Waals surface area contributed by atoms with Crippen LogP contribution >= 0.6 is 0 Å². The lowest BCUT2D eigenvalue weighted by Gasteiger charge is -2.14. The molecule has 0 aliphatic rings. The van der Waals surface area contributed by atoms with Crippen LogP contribution in [0.5, 0.6) is 0 Å². The highest BCUT2D eigenvalue weighted by Gasteiger charge is 2.21. The van der Waals surface area contributed by atoms with Crippen molar-refractivity contribution in [2.45, 2.75) is 18.9 Å². The van der Waals surface area contributed by atoms with Crippen LogP contribution in [0, 0.1) is 0 Å². The van der Waals surface area contributed by atoms with Crippen molar-refractivity contribution in [3.05, 3.63) is 66.0 Å². The minimum absolute atomic E-state index is 0.202. The number of rotatable bonds is 6. The van der Waals surface area contributed by atoms with Crippen LogP contribution in [0.25, 0.3) is 0 Å². The van der Waals surface area contributed by atoms with Crippen molar-refractivity contribution in [1.29, 1.82) is 0 Å². The Balaban J connectivity index is 1.95. The van der Waals surface area contributed by atoms with Gasteiger partial charge < -0.3 is 10.4 Å². The van der Waals surface area contributed by atoms with Gasteiger partial charge in [0, 0.05) is 18.3 Å². The summed E-state index contributed by atoms with van der Waals surface area (Å²) < 4.78 is 0. The van der Waals surface area contributed by atoms with Crippen molar-refractivity contribution in [1.82, 2.24) is 10.3 Å². The highest BCUT2D eigenvalue weighted by atomic mass is 16.4. The molecular formula is C16H16N2O3. The maximum Gasteiger partial charge on any atom is 0.330 e. The molecule has 0 aliphatic heterocycles. The number of nitrogens with zero attached hydrogens (tertiary/aromatic N) is 1. The number of aryl methyl sites for hydroxylation is 1. The van der Waals surface area contributed by atoms with Crippen LogP contribution < -0.4 is 5.32 Å². The molecule has 0 radical (unpaired) electrons. The second-order valence-corrected chi connectivity index (χ2v) is 4.57. The van der Waals surface area contributed by atoms with Gasteiger partial charge in [-0.1, -0.05) is 36.4 Å². The fourth-order valence-electron chi connectivity index (χ4n) is 1.95. The van der Waals surface area contributed by atoms with Crippen molar-refractivity contribution >= 4 is 11.9 Å². The molecule has 0 saturated heterocycles. The first-order valence-electron chi connectivity index (χ1n) is 6.64. The topological polar surface area (TPSA) is 79.3 Å². The molecular weight excluding hydrogens is 268 g/mol. The molecule has 1 aromatic carbocycles. The van der Waals surface area contributed by atoms with Gasteiger partial charge in [-0.2, -0.15) is 0 Å². The summed E-state index contributed by atoms with van der Waals surface area (Å²) >= 11 is 0. The smallest absolute Gasteiger partial charge is 0.330 e. The fraction of sp³-hybridized carbons (Fsp3) is 0.188. The van der Waals surface area contributed by atoms with Gasteiger partial charge in [0.25, 0.3) is 0 Å². The van der Waals surface area contributed by atoms with E-state index in [4.69, 9.17) is 0 Å². The molecule has 0 spiro atoms. The first-order valence-corrected chi connectivity index (χ1v) is 6.64. The van der Waals surface area contributed by atoms with Crippen LogP contribution in [0.3, 0.4) is 0 Å². The zero-order valence-corrected chi connectivity index (χ0v) is 11.4. The van der Waals surface area contributed by atoms with Crippen LogP contribution in [0.15, 0.2) is 54.7 Å². The van der Waals surface area contributed by atoms with E-state index in [2.05, 4.69) is 10.3 Å². The van der Waals surface area contributed by atoms with Crippen molar-refractivity contribution in [3.63, 3.8) is 0 Å². The van der Waals surface area contributed by atoms with Crippen molar-refractivity contribution in [2.24, 2.45) is 0 Å². The average Bonchev–Trinajstić information content (AvgIpc) is 2.52. The Labute approximate surface area is 122 Å². The number of pyridine rings is 1. The van der Waals surface area contributed by atoms with Gasteiger partial charge in [-0.05, 0) is 24.1 Å². The molecule has 5 nitrogen and oxygen atoms in total. The van der Waals surface area contributed by atoms with E-state index in [1.54, 1.807) is 42.6 Å². The quantitative estimate of drug-likeness (QED) is 0.849. The van der Waals surface area contributed by atoms with E-state index in [9.17, 15) is 14.7 Å². The lowest BCUT2D eigenvalue weighted by molar-refractivity contribution is -0.142. The number of carboxylic acids is 1. The summed E-state index contributed by atoms with van der Waals surface area (Å²) in [5, 5.41) is 11.8. The van der Waals surface area contributed by atoms with Crippen LogP contribution in [0.1, 0.15) is 23.7 Å². The van der Waals surface area contributed by atoms with Gasteiger partial charge in [0.05, 0.1) is 0 Å². The molecule has 0 aliphatic carbocycles. The number of aliphatic carboxylic acids is 1. The molecule has 0 bridgehead atoms. The molecule has 0 saturated carbocycles. The Morgan fingerprint density at radius 2 is 1.81 bits per heavy atom. The third-order valence-electron chi connectivity index (χ3n) is 3.02. The Hall–Kier alpha value is -2.69. The summed E-state index contributed by atoms with van der Waals surface area (Å²) in [6.45, 7) is 0. The van der Waals surface area contributed by atoms with Crippen molar-refractivity contribution in [3.8, 4) is 0 Å². The van der Waals surface area contributed by atoms with E-state index in [0.29, 0.717) is 12.0 Å². The number of hydrogen-bond donors (Lipinski definition) is 2. The van der Waals surface area contributed by atoms with Gasteiger partial charge in [0.1, 0.15) is 0 Å². The Morgan fingerprint density at radius 3 is 2.43 bits per heavy atom. The molecule has 0 fully saturated rings. The number of nitrogens with one attached hydrogen (secondary N) is 1. The van der Waals surface area contributed by atoms with Gasteiger partial charge in [-0.25, -0.2) is 4.79 Å². The van der Waals surface area contributed by atoms with E-state index < -0.39 is 12.0 Å². The Bertz CT molecular complexity index is 599. The Kier molecular flexibility index (Phi) is 5.04. The number of aromatic nitrogens is 1. The molecule has 108 valence electrons. The number of carbonyl (C=O) groups excluding carboxylic acids is 1. The first-order chi connectivity index (χ1) is 10.2. The number of benzene rings is 1. The monoisotopic (exact) mass is 284 g/mol. The summed E-state index contributed by atoms with van der Waals surface area (Å²) in [6, 6.07) is 13.1. The number of amides is 1. The van der Waals surface area contributed by atoms with Gasteiger partial charge in [0.15, 0.2) is 6.04 Å². The zero-order chi connectivity index (χ0) is 15.1. The van der Waals surface area contributed by atoms with Crippen molar-refractivity contribution < 1.29 is 14.7 Å². The fourth-order valence-corrected chi connectivity index (χ4v) is 1.95.